The summed E-state index contributed by atoms with van der Waals surface area (Å²) in [4.78, 5) is 0. The summed E-state index contributed by atoms with van der Waals surface area (Å²) in [5.74, 6) is -1.80. The molecule has 0 saturated carbocycles. The molecule has 7 heteroatoms. The quantitative estimate of drug-likeness (QED) is 0.170. The minimum Gasteiger partial charge on any atom is -0.494 e. The third-order valence-electron chi connectivity index (χ3n) is 5.07. The molecule has 0 N–H and O–H groups in total. The highest BCUT2D eigenvalue weighted by Gasteiger charge is 2.15. The first kappa shape index (κ1) is 23.2. The molecule has 4 rings (SSSR count). The maximum absolute atomic E-state index is 14.6. The number of ether oxygens (including phenoxy) is 1. The largest absolute Gasteiger partial charge is 0.494 e. The summed E-state index contributed by atoms with van der Waals surface area (Å²) in [5.41, 5.74) is -0.371. The van der Waals surface area contributed by atoms with Crippen LogP contribution in [0.1, 0.15) is 24.5 Å². The predicted octanol–water partition coefficient (Wildman–Crippen LogP) is 7.53. The Bertz CT molecular complexity index is 1440. The maximum Gasteiger partial charge on any atom is 0.195 e. The van der Waals surface area contributed by atoms with Gasteiger partial charge in [-0.2, -0.15) is 0 Å². The number of halogens is 6. The van der Waals surface area contributed by atoms with E-state index in [1.165, 1.54) is 30.3 Å². The molecule has 0 aliphatic heterocycles. The van der Waals surface area contributed by atoms with E-state index >= 15 is 0 Å². The number of rotatable bonds is 4. The van der Waals surface area contributed by atoms with Gasteiger partial charge in [-0.1, -0.05) is 24.8 Å². The fourth-order valence-corrected chi connectivity index (χ4v) is 3.41. The highest BCUT2D eigenvalue weighted by molar-refractivity contribution is 5.84. The van der Waals surface area contributed by atoms with Gasteiger partial charge in [0.15, 0.2) is 17.5 Å². The van der Waals surface area contributed by atoms with Crippen molar-refractivity contribution in [1.82, 2.24) is 0 Å². The molecule has 0 atom stereocenters. The molecule has 0 aliphatic carbocycles. The first-order valence-electron chi connectivity index (χ1n) is 10.3. The molecular weight excluding hydrogens is 454 g/mol. The van der Waals surface area contributed by atoms with Crippen LogP contribution in [0.3, 0.4) is 0 Å². The van der Waals surface area contributed by atoms with E-state index in [4.69, 9.17) is 4.74 Å². The van der Waals surface area contributed by atoms with Gasteiger partial charge in [0.05, 0.1) is 12.2 Å². The van der Waals surface area contributed by atoms with Crippen LogP contribution in [0, 0.1) is 46.7 Å². The van der Waals surface area contributed by atoms with Crippen molar-refractivity contribution in [2.24, 2.45) is 0 Å². The number of hydrogen-bond acceptors (Lipinski definition) is 1. The summed E-state index contributed by atoms with van der Waals surface area (Å²) in [6, 6.07) is 10.5. The second-order valence-corrected chi connectivity index (χ2v) is 7.48. The summed E-state index contributed by atoms with van der Waals surface area (Å²) < 4.78 is 89.8. The van der Waals surface area contributed by atoms with Crippen LogP contribution >= 0.6 is 0 Å². The van der Waals surface area contributed by atoms with Crippen LogP contribution < -0.4 is 4.74 Å². The van der Waals surface area contributed by atoms with Crippen molar-refractivity contribution in [2.45, 2.75) is 13.3 Å². The molecule has 0 fully saturated rings. The summed E-state index contributed by atoms with van der Waals surface area (Å²) in [6.07, 6.45) is 0.744. The van der Waals surface area contributed by atoms with Gasteiger partial charge in [-0.15, -0.1) is 0 Å². The van der Waals surface area contributed by atoms with E-state index in [0.717, 1.165) is 30.7 Å². The summed E-state index contributed by atoms with van der Waals surface area (Å²) >= 11 is 0. The van der Waals surface area contributed by atoms with Gasteiger partial charge in [0.2, 0.25) is 0 Å². The van der Waals surface area contributed by atoms with E-state index in [9.17, 15) is 26.3 Å². The first-order chi connectivity index (χ1) is 16.3. The molecule has 4 aromatic carbocycles. The van der Waals surface area contributed by atoms with Crippen LogP contribution in [0.4, 0.5) is 26.3 Å². The lowest BCUT2D eigenvalue weighted by molar-refractivity contribution is 0.316. The lowest BCUT2D eigenvalue weighted by atomic mass is 10.0. The first-order valence-corrected chi connectivity index (χ1v) is 10.3. The molecule has 34 heavy (non-hydrogen) atoms. The molecule has 0 heterocycles. The Morgan fingerprint density at radius 1 is 0.706 bits per heavy atom. The van der Waals surface area contributed by atoms with Gasteiger partial charge >= 0.3 is 0 Å². The van der Waals surface area contributed by atoms with Crippen molar-refractivity contribution in [3.63, 3.8) is 0 Å². The zero-order chi connectivity index (χ0) is 24.4. The van der Waals surface area contributed by atoms with E-state index in [2.05, 4.69) is 11.8 Å². The Balaban J connectivity index is 1.66. The minimum absolute atomic E-state index is 0.00743. The molecule has 4 aromatic rings. The highest BCUT2D eigenvalue weighted by atomic mass is 19.2. The van der Waals surface area contributed by atoms with Crippen molar-refractivity contribution in [2.75, 3.05) is 6.61 Å². The number of hydrogen-bond donors (Lipinski definition) is 0. The maximum atomic E-state index is 14.6. The Kier molecular flexibility index (Phi) is 6.51. The second kappa shape index (κ2) is 9.52. The highest BCUT2D eigenvalue weighted by Crippen LogP contribution is 2.29. The Morgan fingerprint density at radius 2 is 1.44 bits per heavy atom. The molecule has 0 aromatic heterocycles. The van der Waals surface area contributed by atoms with E-state index < -0.39 is 40.5 Å². The van der Waals surface area contributed by atoms with Gasteiger partial charge < -0.3 is 4.74 Å². The standard InChI is InChI=1S/C27H16F6O/c1-2-9-34-18-5-8-19(24(30)14-18)17-11-22(28)21(23(29)12-17)7-4-15-3-6-20-16(10-15)13-25(31)27(33)26(20)32/h3,5-6,8,10-14H,2,9H2,1H3. The number of benzene rings is 4. The Hall–Kier alpha value is -3.92. The Morgan fingerprint density at radius 3 is 2.12 bits per heavy atom. The summed E-state index contributed by atoms with van der Waals surface area (Å²) in [7, 11) is 0. The van der Waals surface area contributed by atoms with Crippen molar-refractivity contribution in [3.05, 3.63) is 101 Å². The smallest absolute Gasteiger partial charge is 0.195 e. The molecule has 0 amide bonds. The average molecular weight is 470 g/mol. The van der Waals surface area contributed by atoms with E-state index in [1.54, 1.807) is 0 Å². The lowest BCUT2D eigenvalue weighted by Gasteiger charge is -2.09. The van der Waals surface area contributed by atoms with Crippen LogP contribution in [0.2, 0.25) is 0 Å². The lowest BCUT2D eigenvalue weighted by Crippen LogP contribution is -1.97. The van der Waals surface area contributed by atoms with Gasteiger partial charge in [0.25, 0.3) is 0 Å². The molecule has 1 nitrogen and oxygen atoms in total. The summed E-state index contributed by atoms with van der Waals surface area (Å²) in [5, 5.41) is -0.111. The third kappa shape index (κ3) is 4.58. The van der Waals surface area contributed by atoms with E-state index in [0.29, 0.717) is 12.4 Å². The molecule has 172 valence electrons. The number of fused-ring (bicyclic) bond motifs is 1. The SMILES string of the molecule is CCCOc1ccc(-c2cc(F)c(C#Cc3ccc4c(F)c(F)c(F)cc4c3)c(F)c2)c(F)c1. The van der Waals surface area contributed by atoms with Crippen molar-refractivity contribution < 1.29 is 31.1 Å². The van der Waals surface area contributed by atoms with Crippen LogP contribution in [0.5, 0.6) is 5.75 Å². The van der Waals surface area contributed by atoms with Gasteiger partial charge in [0.1, 0.15) is 23.2 Å². The van der Waals surface area contributed by atoms with Crippen molar-refractivity contribution in [3.8, 4) is 28.7 Å². The topological polar surface area (TPSA) is 9.23 Å². The van der Waals surface area contributed by atoms with Gasteiger partial charge in [-0.05, 0) is 59.8 Å². The fraction of sp³-hybridized carbons (Fsp3) is 0.111. The normalized spacial score (nSPS) is 10.8. The fourth-order valence-electron chi connectivity index (χ4n) is 3.41. The molecular formula is C27H16F6O. The minimum atomic E-state index is -1.59. The average Bonchev–Trinajstić information content (AvgIpc) is 2.80. The van der Waals surface area contributed by atoms with Gasteiger partial charge in [-0.3, -0.25) is 0 Å². The van der Waals surface area contributed by atoms with Crippen LogP contribution in [0.25, 0.3) is 21.9 Å². The molecule has 0 bridgehead atoms. The van der Waals surface area contributed by atoms with E-state index in [-0.39, 0.29) is 27.5 Å². The van der Waals surface area contributed by atoms with E-state index in [1.807, 2.05) is 6.92 Å². The van der Waals surface area contributed by atoms with Crippen molar-refractivity contribution >= 4 is 10.8 Å². The third-order valence-corrected chi connectivity index (χ3v) is 5.07. The van der Waals surface area contributed by atoms with Gasteiger partial charge in [0, 0.05) is 22.6 Å². The van der Waals surface area contributed by atoms with Crippen LogP contribution in [-0.2, 0) is 0 Å². The molecule has 0 spiro atoms. The predicted molar refractivity (Wildman–Crippen MR) is 117 cm³/mol. The molecule has 0 aliphatic rings. The van der Waals surface area contributed by atoms with Crippen LogP contribution in [-0.4, -0.2) is 6.61 Å². The monoisotopic (exact) mass is 470 g/mol. The zero-order valence-electron chi connectivity index (χ0n) is 17.8. The van der Waals surface area contributed by atoms with Gasteiger partial charge in [-0.25, -0.2) is 26.3 Å². The Labute approximate surface area is 191 Å². The van der Waals surface area contributed by atoms with Crippen molar-refractivity contribution in [1.29, 1.82) is 0 Å². The summed E-state index contributed by atoms with van der Waals surface area (Å²) in [6.45, 7) is 2.31. The molecule has 0 unspecified atom stereocenters. The van der Waals surface area contributed by atoms with Crippen LogP contribution in [0.15, 0.2) is 54.6 Å². The molecule has 0 radical (unpaired) electrons. The zero-order valence-corrected chi connectivity index (χ0v) is 17.8. The molecule has 0 saturated heterocycles. The second-order valence-electron chi connectivity index (χ2n) is 7.48.